The maximum Gasteiger partial charge on any atom is 0.340 e. The van der Waals surface area contributed by atoms with Gasteiger partial charge >= 0.3 is 5.97 Å². The summed E-state index contributed by atoms with van der Waals surface area (Å²) in [5, 5.41) is 0. The van der Waals surface area contributed by atoms with E-state index in [0.717, 1.165) is 15.4 Å². The van der Waals surface area contributed by atoms with E-state index in [1.165, 1.54) is 14.2 Å². The Morgan fingerprint density at radius 2 is 1.72 bits per heavy atom. The fraction of sp³-hybridized carbons (Fsp3) is 0.211. The molecule has 0 aliphatic heterocycles. The highest BCUT2D eigenvalue weighted by Crippen LogP contribution is 2.31. The van der Waals surface area contributed by atoms with Gasteiger partial charge in [0.25, 0.3) is 10.0 Å². The number of benzene rings is 2. The van der Waals surface area contributed by atoms with Gasteiger partial charge in [0.1, 0.15) is 0 Å². The van der Waals surface area contributed by atoms with Crippen LogP contribution < -0.4 is 4.31 Å². The molecule has 0 bridgehead atoms. The lowest BCUT2D eigenvalue weighted by atomic mass is 9.98. The largest absolute Gasteiger partial charge is 0.465 e. The number of rotatable bonds is 4. The molecule has 1 aliphatic rings. The summed E-state index contributed by atoms with van der Waals surface area (Å²) in [4.78, 5) is 12.3. The van der Waals surface area contributed by atoms with Gasteiger partial charge in [0.05, 0.1) is 23.3 Å². The Labute approximate surface area is 147 Å². The Hall–Kier alpha value is -2.60. The fourth-order valence-corrected chi connectivity index (χ4v) is 4.35. The molecule has 0 amide bonds. The molecule has 5 nitrogen and oxygen atoms in total. The van der Waals surface area contributed by atoms with Gasteiger partial charge in [0.2, 0.25) is 0 Å². The zero-order valence-electron chi connectivity index (χ0n) is 14.1. The lowest BCUT2D eigenvalue weighted by molar-refractivity contribution is 0.0601. The van der Waals surface area contributed by atoms with Crippen molar-refractivity contribution in [1.29, 1.82) is 0 Å². The first kappa shape index (κ1) is 17.2. The fourth-order valence-electron chi connectivity index (χ4n) is 2.95. The summed E-state index contributed by atoms with van der Waals surface area (Å²) >= 11 is 0. The predicted molar refractivity (Wildman–Crippen MR) is 97.8 cm³/mol. The van der Waals surface area contributed by atoms with E-state index < -0.39 is 16.0 Å². The van der Waals surface area contributed by atoms with Gasteiger partial charge in [0.15, 0.2) is 0 Å². The number of para-hydroxylation sites is 1. The van der Waals surface area contributed by atoms with Crippen molar-refractivity contribution < 1.29 is 17.9 Å². The number of allylic oxidation sites excluding steroid dienone is 1. The van der Waals surface area contributed by atoms with Crippen LogP contribution in [-0.2, 0) is 21.2 Å². The monoisotopic (exact) mass is 357 g/mol. The summed E-state index contributed by atoms with van der Waals surface area (Å²) in [6.45, 7) is 0. The molecule has 0 N–H and O–H groups in total. The van der Waals surface area contributed by atoms with Gasteiger partial charge in [0, 0.05) is 7.05 Å². The third kappa shape index (κ3) is 3.17. The van der Waals surface area contributed by atoms with Gasteiger partial charge in [-0.2, -0.15) is 0 Å². The Bertz CT molecular complexity index is 947. The van der Waals surface area contributed by atoms with Crippen molar-refractivity contribution in [3.63, 3.8) is 0 Å². The SMILES string of the molecule is COC(=O)c1ccccc1N(C)S(=O)(=O)C1=Cc2ccccc2CC1. The van der Waals surface area contributed by atoms with E-state index in [1.807, 2.05) is 24.3 Å². The minimum atomic E-state index is -3.74. The molecule has 0 radical (unpaired) electrons. The van der Waals surface area contributed by atoms with Crippen LogP contribution in [0.25, 0.3) is 6.08 Å². The third-order valence-electron chi connectivity index (χ3n) is 4.35. The van der Waals surface area contributed by atoms with Crippen LogP contribution in [0.4, 0.5) is 5.69 Å². The van der Waals surface area contributed by atoms with Gasteiger partial charge in [-0.15, -0.1) is 0 Å². The average molecular weight is 357 g/mol. The Morgan fingerprint density at radius 3 is 2.48 bits per heavy atom. The molecule has 130 valence electrons. The summed E-state index contributed by atoms with van der Waals surface area (Å²) in [6.07, 6.45) is 2.82. The van der Waals surface area contributed by atoms with Crippen LogP contribution in [0, 0.1) is 0 Å². The van der Waals surface area contributed by atoms with E-state index in [1.54, 1.807) is 30.3 Å². The van der Waals surface area contributed by atoms with Crippen LogP contribution in [0.2, 0.25) is 0 Å². The van der Waals surface area contributed by atoms with Gasteiger partial charge in [-0.25, -0.2) is 13.2 Å². The normalized spacial score (nSPS) is 13.6. The Balaban J connectivity index is 2.02. The van der Waals surface area contributed by atoms with E-state index in [2.05, 4.69) is 0 Å². The second kappa shape index (κ2) is 6.72. The van der Waals surface area contributed by atoms with Crippen LogP contribution >= 0.6 is 0 Å². The van der Waals surface area contributed by atoms with Crippen LogP contribution in [-0.4, -0.2) is 28.5 Å². The topological polar surface area (TPSA) is 63.7 Å². The summed E-state index contributed by atoms with van der Waals surface area (Å²) in [7, 11) is -1.01. The molecular formula is C19H19NO4S. The number of nitrogens with zero attached hydrogens (tertiary/aromatic N) is 1. The molecule has 0 saturated carbocycles. The van der Waals surface area contributed by atoms with Crippen LogP contribution in [0.5, 0.6) is 0 Å². The van der Waals surface area contributed by atoms with Crippen molar-refractivity contribution in [3.05, 3.63) is 70.1 Å². The number of hydrogen-bond donors (Lipinski definition) is 0. The zero-order valence-corrected chi connectivity index (χ0v) is 14.9. The number of carbonyl (C=O) groups excluding carboxylic acids is 1. The molecule has 3 rings (SSSR count). The molecule has 0 unspecified atom stereocenters. The maximum absolute atomic E-state index is 13.1. The third-order valence-corrected chi connectivity index (χ3v) is 6.26. The van der Waals surface area contributed by atoms with Crippen LogP contribution in [0.3, 0.4) is 0 Å². The van der Waals surface area contributed by atoms with Crippen LogP contribution in [0.1, 0.15) is 27.9 Å². The van der Waals surface area contributed by atoms with E-state index in [9.17, 15) is 13.2 Å². The molecule has 0 fully saturated rings. The van der Waals surface area contributed by atoms with Crippen molar-refractivity contribution in [3.8, 4) is 0 Å². The highest BCUT2D eigenvalue weighted by molar-refractivity contribution is 7.96. The number of methoxy groups -OCH3 is 1. The molecule has 6 heteroatoms. The number of ether oxygens (including phenoxy) is 1. The molecular weight excluding hydrogens is 338 g/mol. The number of fused-ring (bicyclic) bond motifs is 1. The van der Waals surface area contributed by atoms with Crippen molar-refractivity contribution in [1.82, 2.24) is 0 Å². The molecule has 0 aromatic heterocycles. The Kier molecular flexibility index (Phi) is 4.63. The number of sulfonamides is 1. The standard InChI is InChI=1S/C19H19NO4S/c1-20(18-10-6-5-9-17(18)19(21)24-2)25(22,23)16-12-11-14-7-3-4-8-15(14)13-16/h3-10,13H,11-12H2,1-2H3. The number of carbonyl (C=O) groups is 1. The second-order valence-corrected chi connectivity index (χ2v) is 7.81. The molecule has 0 atom stereocenters. The molecule has 2 aromatic rings. The van der Waals surface area contributed by atoms with Gasteiger partial charge in [-0.05, 0) is 42.2 Å². The molecule has 2 aromatic carbocycles. The van der Waals surface area contributed by atoms with Gasteiger partial charge in [-0.3, -0.25) is 4.31 Å². The minimum Gasteiger partial charge on any atom is -0.465 e. The van der Waals surface area contributed by atoms with E-state index in [4.69, 9.17) is 4.74 Å². The van der Waals surface area contributed by atoms with Crippen LogP contribution in [0.15, 0.2) is 53.4 Å². The molecule has 1 aliphatic carbocycles. The van der Waals surface area contributed by atoms with Crippen molar-refractivity contribution in [2.45, 2.75) is 12.8 Å². The molecule has 25 heavy (non-hydrogen) atoms. The number of esters is 1. The quantitative estimate of drug-likeness (QED) is 0.788. The first-order valence-corrected chi connectivity index (χ1v) is 9.34. The summed E-state index contributed by atoms with van der Waals surface area (Å²) in [6, 6.07) is 14.3. The maximum atomic E-state index is 13.1. The summed E-state index contributed by atoms with van der Waals surface area (Å²) in [5.41, 5.74) is 2.57. The Morgan fingerprint density at radius 1 is 1.04 bits per heavy atom. The summed E-state index contributed by atoms with van der Waals surface area (Å²) in [5.74, 6) is -0.569. The number of aryl methyl sites for hydroxylation is 1. The minimum absolute atomic E-state index is 0.216. The number of hydrogen-bond acceptors (Lipinski definition) is 4. The molecule has 0 saturated heterocycles. The molecule has 0 spiro atoms. The van der Waals surface area contributed by atoms with Crippen molar-refractivity contribution >= 4 is 27.8 Å². The predicted octanol–water partition coefficient (Wildman–Crippen LogP) is 3.23. The van der Waals surface area contributed by atoms with E-state index >= 15 is 0 Å². The van der Waals surface area contributed by atoms with E-state index in [0.29, 0.717) is 23.4 Å². The average Bonchev–Trinajstić information content (AvgIpc) is 2.66. The smallest absolute Gasteiger partial charge is 0.340 e. The first-order chi connectivity index (χ1) is 11.9. The van der Waals surface area contributed by atoms with Crippen molar-refractivity contribution in [2.24, 2.45) is 0 Å². The highest BCUT2D eigenvalue weighted by atomic mass is 32.2. The lowest BCUT2D eigenvalue weighted by Crippen LogP contribution is -2.30. The molecule has 0 heterocycles. The highest BCUT2D eigenvalue weighted by Gasteiger charge is 2.28. The first-order valence-electron chi connectivity index (χ1n) is 7.90. The van der Waals surface area contributed by atoms with Gasteiger partial charge < -0.3 is 4.74 Å². The second-order valence-electron chi connectivity index (χ2n) is 5.79. The van der Waals surface area contributed by atoms with Gasteiger partial charge in [-0.1, -0.05) is 36.4 Å². The lowest BCUT2D eigenvalue weighted by Gasteiger charge is -2.25. The number of anilines is 1. The van der Waals surface area contributed by atoms with E-state index in [-0.39, 0.29) is 5.56 Å². The van der Waals surface area contributed by atoms with Crippen molar-refractivity contribution in [2.75, 3.05) is 18.5 Å². The summed E-state index contributed by atoms with van der Waals surface area (Å²) < 4.78 is 32.0. The zero-order chi connectivity index (χ0) is 18.0.